The number of allylic oxidation sites excluding steroid dienone is 4. The molecule has 7 nitrogen and oxygen atoms in total. The van der Waals surface area contributed by atoms with Gasteiger partial charge in [0.05, 0.1) is 16.7 Å². The molecular formula is C24H29FN6O. The fourth-order valence-corrected chi connectivity index (χ4v) is 4.15. The summed E-state index contributed by atoms with van der Waals surface area (Å²) in [5, 5.41) is 24.6. The van der Waals surface area contributed by atoms with Crippen molar-refractivity contribution < 1.29 is 9.50 Å². The highest BCUT2D eigenvalue weighted by Crippen LogP contribution is 2.32. The first-order chi connectivity index (χ1) is 15.2. The summed E-state index contributed by atoms with van der Waals surface area (Å²) in [4.78, 5) is 11.6. The van der Waals surface area contributed by atoms with Gasteiger partial charge in [0.1, 0.15) is 11.5 Å². The summed E-state index contributed by atoms with van der Waals surface area (Å²) >= 11 is 0. The number of hydrogen-bond donors (Lipinski definition) is 4. The minimum atomic E-state index is -0.966. The van der Waals surface area contributed by atoms with Crippen molar-refractivity contribution in [2.45, 2.75) is 38.8 Å². The van der Waals surface area contributed by atoms with E-state index in [0.29, 0.717) is 22.8 Å². The zero-order valence-electron chi connectivity index (χ0n) is 18.8. The van der Waals surface area contributed by atoms with E-state index in [4.69, 9.17) is 10.4 Å². The zero-order valence-corrected chi connectivity index (χ0v) is 18.8. The van der Waals surface area contributed by atoms with Crippen molar-refractivity contribution >= 4 is 28.1 Å². The highest BCUT2D eigenvalue weighted by Gasteiger charge is 2.27. The molecule has 3 heterocycles. The quantitative estimate of drug-likeness (QED) is 0.581. The third kappa shape index (κ3) is 4.36. The Kier molecular flexibility index (Phi) is 5.73. The molecule has 168 valence electrons. The number of anilines is 1. The third-order valence-corrected chi connectivity index (χ3v) is 5.52. The molecule has 4 rings (SSSR count). The summed E-state index contributed by atoms with van der Waals surface area (Å²) in [6.07, 6.45) is 4.14. The number of nitrogens with zero attached hydrogens (tertiary/aromatic N) is 3. The van der Waals surface area contributed by atoms with Crippen molar-refractivity contribution in [2.24, 2.45) is 0 Å². The fraction of sp³-hybridized carbons (Fsp3) is 0.375. The first-order valence-electron chi connectivity index (χ1n) is 10.7. The normalized spacial score (nSPS) is 21.0. The van der Waals surface area contributed by atoms with Crippen molar-refractivity contribution in [2.75, 3.05) is 25.0 Å². The summed E-state index contributed by atoms with van der Waals surface area (Å²) in [5.41, 5.74) is 2.09. The lowest BCUT2D eigenvalue weighted by atomic mass is 9.95. The van der Waals surface area contributed by atoms with Crippen LogP contribution in [0.5, 0.6) is 0 Å². The van der Waals surface area contributed by atoms with Crippen LogP contribution < -0.4 is 15.5 Å². The molecule has 2 aromatic heterocycles. The number of fused-ring (bicyclic) bond motifs is 1. The molecule has 0 amide bonds. The highest BCUT2D eigenvalue weighted by atomic mass is 19.1. The summed E-state index contributed by atoms with van der Waals surface area (Å²) < 4.78 is 14.4. The molecule has 1 atom stereocenters. The summed E-state index contributed by atoms with van der Waals surface area (Å²) in [5.74, 6) is -0.635. The molecule has 8 heteroatoms. The standard InChI is InChI=1S/C24H29FN6O/c1-24(2,3)30-15-9-10-31(13-15)20-8-7-18-19(29-20)6-5-17(28-18)16-11-14(12-27-4)22(26)21(25)23(16)32/h5-8,11-12,15,26-27,30,32H,9-10,13H2,1-4H3/b14-12-,26-22?. The molecule has 2 aliphatic rings. The number of rotatable bonds is 4. The zero-order chi connectivity index (χ0) is 23.0. The molecule has 0 aromatic carbocycles. The van der Waals surface area contributed by atoms with E-state index in [0.717, 1.165) is 30.8 Å². The Hall–Kier alpha value is -3.26. The first-order valence-corrected chi connectivity index (χ1v) is 10.7. The fourth-order valence-electron chi connectivity index (χ4n) is 4.15. The van der Waals surface area contributed by atoms with Crippen LogP contribution in [0.15, 0.2) is 53.7 Å². The molecular weight excluding hydrogens is 407 g/mol. The van der Waals surface area contributed by atoms with Gasteiger partial charge in [0.15, 0.2) is 11.6 Å². The summed E-state index contributed by atoms with van der Waals surface area (Å²) in [6.45, 7) is 8.37. The van der Waals surface area contributed by atoms with Gasteiger partial charge in [-0.2, -0.15) is 0 Å². The van der Waals surface area contributed by atoms with Crippen LogP contribution in [0.1, 0.15) is 32.9 Å². The Morgan fingerprint density at radius 3 is 2.62 bits per heavy atom. The minimum absolute atomic E-state index is 0.0752. The van der Waals surface area contributed by atoms with Crippen molar-refractivity contribution in [3.05, 3.63) is 59.4 Å². The van der Waals surface area contributed by atoms with E-state index in [1.165, 1.54) is 6.20 Å². The van der Waals surface area contributed by atoms with Gasteiger partial charge in [0, 0.05) is 49.1 Å². The number of pyridine rings is 2. The Labute approximate surface area is 187 Å². The van der Waals surface area contributed by atoms with Crippen LogP contribution in [0.25, 0.3) is 16.6 Å². The maximum atomic E-state index is 14.4. The van der Waals surface area contributed by atoms with Gasteiger partial charge in [0.2, 0.25) is 0 Å². The summed E-state index contributed by atoms with van der Waals surface area (Å²) in [6, 6.07) is 7.82. The van der Waals surface area contributed by atoms with Crippen molar-refractivity contribution in [3.8, 4) is 0 Å². The van der Waals surface area contributed by atoms with E-state index < -0.39 is 11.6 Å². The van der Waals surface area contributed by atoms with E-state index in [9.17, 15) is 9.50 Å². The van der Waals surface area contributed by atoms with Crippen LogP contribution in [0.2, 0.25) is 0 Å². The van der Waals surface area contributed by atoms with Gasteiger partial charge in [0.25, 0.3) is 0 Å². The van der Waals surface area contributed by atoms with E-state index in [2.05, 4.69) is 41.3 Å². The molecule has 1 saturated heterocycles. The smallest absolute Gasteiger partial charge is 0.190 e. The van der Waals surface area contributed by atoms with E-state index in [-0.39, 0.29) is 16.8 Å². The number of aliphatic hydroxyl groups is 1. The van der Waals surface area contributed by atoms with Crippen LogP contribution in [-0.2, 0) is 0 Å². The Bertz CT molecular complexity index is 1160. The van der Waals surface area contributed by atoms with Crippen LogP contribution in [-0.4, -0.2) is 52.5 Å². The van der Waals surface area contributed by atoms with Crippen LogP contribution in [0.4, 0.5) is 10.2 Å². The number of halogens is 1. The second-order valence-electron chi connectivity index (χ2n) is 9.21. The molecule has 32 heavy (non-hydrogen) atoms. The van der Waals surface area contributed by atoms with Gasteiger partial charge in [-0.1, -0.05) is 0 Å². The van der Waals surface area contributed by atoms with Crippen molar-refractivity contribution in [3.63, 3.8) is 0 Å². The largest absolute Gasteiger partial charge is 0.504 e. The lowest BCUT2D eigenvalue weighted by Crippen LogP contribution is -2.44. The molecule has 2 aromatic rings. The van der Waals surface area contributed by atoms with Crippen LogP contribution in [0, 0.1) is 5.41 Å². The predicted octanol–water partition coefficient (Wildman–Crippen LogP) is 3.86. The maximum Gasteiger partial charge on any atom is 0.190 e. The Morgan fingerprint density at radius 1 is 1.19 bits per heavy atom. The minimum Gasteiger partial charge on any atom is -0.504 e. The van der Waals surface area contributed by atoms with Gasteiger partial charge < -0.3 is 20.6 Å². The molecule has 1 aliphatic heterocycles. The molecule has 1 aliphatic carbocycles. The number of aliphatic hydroxyl groups excluding tert-OH is 1. The monoisotopic (exact) mass is 436 g/mol. The van der Waals surface area contributed by atoms with Gasteiger partial charge in [-0.25, -0.2) is 14.4 Å². The third-order valence-electron chi connectivity index (χ3n) is 5.52. The summed E-state index contributed by atoms with van der Waals surface area (Å²) in [7, 11) is 1.67. The number of aromatic nitrogens is 2. The van der Waals surface area contributed by atoms with Gasteiger partial charge in [-0.3, -0.25) is 5.41 Å². The molecule has 0 spiro atoms. The van der Waals surface area contributed by atoms with Crippen molar-refractivity contribution in [1.82, 2.24) is 20.6 Å². The average molecular weight is 437 g/mol. The lowest BCUT2D eigenvalue weighted by molar-refractivity contribution is 0.373. The Morgan fingerprint density at radius 2 is 1.91 bits per heavy atom. The van der Waals surface area contributed by atoms with Gasteiger partial charge >= 0.3 is 0 Å². The van der Waals surface area contributed by atoms with Gasteiger partial charge in [-0.05, 0) is 57.5 Å². The topological polar surface area (TPSA) is 97.2 Å². The van der Waals surface area contributed by atoms with Crippen molar-refractivity contribution in [1.29, 1.82) is 5.41 Å². The van der Waals surface area contributed by atoms with Gasteiger partial charge in [-0.15, -0.1) is 0 Å². The second kappa shape index (κ2) is 8.35. The highest BCUT2D eigenvalue weighted by molar-refractivity contribution is 6.16. The Balaban J connectivity index is 1.61. The number of hydrogen-bond acceptors (Lipinski definition) is 7. The van der Waals surface area contributed by atoms with E-state index in [1.54, 1.807) is 19.2 Å². The molecule has 0 bridgehead atoms. The second-order valence-corrected chi connectivity index (χ2v) is 9.21. The molecule has 1 unspecified atom stereocenters. The average Bonchev–Trinajstić information content (AvgIpc) is 3.20. The SMILES string of the molecule is CN/C=C1/C=C(c2ccc3nc(N4CCC(NC(C)(C)C)C4)ccc3n2)C(O)=C(F)C1=N. The van der Waals surface area contributed by atoms with E-state index >= 15 is 0 Å². The van der Waals surface area contributed by atoms with E-state index in [1.807, 2.05) is 18.2 Å². The molecule has 1 fully saturated rings. The van der Waals surface area contributed by atoms with Crippen LogP contribution in [0.3, 0.4) is 0 Å². The lowest BCUT2D eigenvalue weighted by Gasteiger charge is -2.26. The maximum absolute atomic E-state index is 14.4. The molecule has 0 radical (unpaired) electrons. The molecule has 0 saturated carbocycles. The number of nitrogens with one attached hydrogen (secondary N) is 3. The predicted molar refractivity (Wildman–Crippen MR) is 127 cm³/mol. The molecule has 4 N–H and O–H groups in total. The van der Waals surface area contributed by atoms with Crippen LogP contribution >= 0.6 is 0 Å². The first kappa shape index (κ1) is 22.0.